The van der Waals surface area contributed by atoms with Crippen molar-refractivity contribution in [2.75, 3.05) is 0 Å². The maximum absolute atomic E-state index is 12.3. The van der Waals surface area contributed by atoms with Crippen molar-refractivity contribution in [1.29, 1.82) is 0 Å². The number of hydrogen-bond donors (Lipinski definition) is 0. The van der Waals surface area contributed by atoms with E-state index >= 15 is 0 Å². The van der Waals surface area contributed by atoms with E-state index in [1.807, 2.05) is 41.8 Å². The first-order valence-corrected chi connectivity index (χ1v) is 9.16. The fourth-order valence-corrected chi connectivity index (χ4v) is 3.99. The van der Waals surface area contributed by atoms with Gasteiger partial charge in [0.25, 0.3) is 5.56 Å². The lowest BCUT2D eigenvalue weighted by atomic mass is 10.2. The van der Waals surface area contributed by atoms with Crippen LogP contribution in [0.5, 0.6) is 0 Å². The Balaban J connectivity index is 1.56. The highest BCUT2D eigenvalue weighted by Crippen LogP contribution is 2.25. The zero-order valence-corrected chi connectivity index (χ0v) is 14.4. The van der Waals surface area contributed by atoms with E-state index in [4.69, 9.17) is 4.42 Å². The summed E-state index contributed by atoms with van der Waals surface area (Å²) in [5, 5.41) is 3.23. The quantitative estimate of drug-likeness (QED) is 0.410. The second-order valence-electron chi connectivity index (χ2n) is 5.20. The van der Waals surface area contributed by atoms with Crippen molar-refractivity contribution in [3.8, 4) is 11.5 Å². The van der Waals surface area contributed by atoms with Gasteiger partial charge in [0, 0.05) is 18.4 Å². The molecule has 0 aliphatic carbocycles. The zero-order valence-electron chi connectivity index (χ0n) is 12.8. The van der Waals surface area contributed by atoms with Crippen LogP contribution in [0.3, 0.4) is 0 Å². The van der Waals surface area contributed by atoms with Crippen molar-refractivity contribution in [3.05, 3.63) is 64.1 Å². The Kier molecular flexibility index (Phi) is 3.95. The van der Waals surface area contributed by atoms with Crippen LogP contribution in [0, 0.1) is 0 Å². The van der Waals surface area contributed by atoms with Crippen molar-refractivity contribution in [3.63, 3.8) is 0 Å². The number of thiophene rings is 1. The minimum Gasteiger partial charge on any atom is -0.444 e. The van der Waals surface area contributed by atoms with Crippen molar-refractivity contribution >= 4 is 33.3 Å². The molecule has 0 spiro atoms. The summed E-state index contributed by atoms with van der Waals surface area (Å²) < 4.78 is 7.12. The molecule has 0 N–H and O–H groups in total. The summed E-state index contributed by atoms with van der Waals surface area (Å²) in [6.07, 6.45) is 1.65. The molecule has 120 valence electrons. The molecule has 0 atom stereocenters. The minimum atomic E-state index is -0.0196. The van der Waals surface area contributed by atoms with Crippen LogP contribution in [-0.4, -0.2) is 14.5 Å². The average molecular weight is 355 g/mol. The molecule has 24 heavy (non-hydrogen) atoms. The molecule has 4 aromatic rings. The van der Waals surface area contributed by atoms with Crippen LogP contribution < -0.4 is 5.56 Å². The molecule has 0 bridgehead atoms. The van der Waals surface area contributed by atoms with E-state index in [0.717, 1.165) is 16.1 Å². The second kappa shape index (κ2) is 6.26. The van der Waals surface area contributed by atoms with E-state index in [2.05, 4.69) is 9.97 Å². The predicted octanol–water partition coefficient (Wildman–Crippen LogP) is 3.94. The average Bonchev–Trinajstić information content (AvgIpc) is 3.27. The number of aromatic nitrogens is 3. The lowest BCUT2D eigenvalue weighted by Gasteiger charge is -2.05. The van der Waals surface area contributed by atoms with Gasteiger partial charge in [-0.25, -0.2) is 9.97 Å². The summed E-state index contributed by atoms with van der Waals surface area (Å²) in [5.41, 5.74) is 1.74. The van der Waals surface area contributed by atoms with Crippen LogP contribution in [0.1, 0.15) is 5.69 Å². The summed E-state index contributed by atoms with van der Waals surface area (Å²) in [6, 6.07) is 11.6. The molecule has 0 saturated heterocycles. The van der Waals surface area contributed by atoms with Crippen molar-refractivity contribution in [2.45, 2.75) is 10.9 Å². The summed E-state index contributed by atoms with van der Waals surface area (Å²) in [4.78, 5) is 22.1. The van der Waals surface area contributed by atoms with Crippen LogP contribution in [0.25, 0.3) is 21.7 Å². The van der Waals surface area contributed by atoms with Gasteiger partial charge in [-0.05, 0) is 23.6 Å². The largest absolute Gasteiger partial charge is 0.444 e. The molecule has 3 heterocycles. The molecule has 0 radical (unpaired) electrons. The van der Waals surface area contributed by atoms with E-state index in [1.165, 1.54) is 23.1 Å². The molecule has 3 aromatic heterocycles. The van der Waals surface area contributed by atoms with Crippen LogP contribution in [0.2, 0.25) is 0 Å². The molecule has 0 saturated carbocycles. The van der Waals surface area contributed by atoms with Crippen LogP contribution in [0.4, 0.5) is 0 Å². The molecular weight excluding hydrogens is 342 g/mol. The monoisotopic (exact) mass is 355 g/mol. The Morgan fingerprint density at radius 1 is 1.21 bits per heavy atom. The minimum absolute atomic E-state index is 0.0196. The molecule has 0 fully saturated rings. The second-order valence-corrected chi connectivity index (χ2v) is 7.03. The Labute approximate surface area is 146 Å². The Bertz CT molecular complexity index is 1050. The van der Waals surface area contributed by atoms with Gasteiger partial charge in [0.15, 0.2) is 5.16 Å². The number of thioether (sulfide) groups is 1. The van der Waals surface area contributed by atoms with Crippen LogP contribution >= 0.6 is 23.1 Å². The highest BCUT2D eigenvalue weighted by Gasteiger charge is 2.12. The third kappa shape index (κ3) is 2.76. The normalized spacial score (nSPS) is 11.2. The van der Waals surface area contributed by atoms with Gasteiger partial charge in [0.05, 0.1) is 11.1 Å². The number of fused-ring (bicyclic) bond motifs is 1. The van der Waals surface area contributed by atoms with Gasteiger partial charge in [-0.15, -0.1) is 11.3 Å². The van der Waals surface area contributed by atoms with Gasteiger partial charge in [-0.2, -0.15) is 0 Å². The lowest BCUT2D eigenvalue weighted by molar-refractivity contribution is 0.573. The predicted molar refractivity (Wildman–Crippen MR) is 96.4 cm³/mol. The molecular formula is C17H13N3O2S2. The molecule has 1 aromatic carbocycles. The molecule has 0 amide bonds. The molecule has 0 aliphatic heterocycles. The van der Waals surface area contributed by atoms with Crippen molar-refractivity contribution in [1.82, 2.24) is 14.5 Å². The molecule has 0 aliphatic rings. The molecule has 4 rings (SSSR count). The summed E-state index contributed by atoms with van der Waals surface area (Å²) >= 11 is 2.95. The summed E-state index contributed by atoms with van der Waals surface area (Å²) in [5.74, 6) is 1.19. The number of benzene rings is 1. The number of oxazole rings is 1. The van der Waals surface area contributed by atoms with Crippen LogP contribution in [0.15, 0.2) is 62.4 Å². The fraction of sp³-hybridized carbons (Fsp3) is 0.118. The SMILES string of the molecule is Cn1c(SCc2coc(-c3ccccc3)n2)nc2sccc2c1=O. The number of hydrogen-bond acceptors (Lipinski definition) is 6. The van der Waals surface area contributed by atoms with E-state index < -0.39 is 0 Å². The van der Waals surface area contributed by atoms with E-state index in [0.29, 0.717) is 22.2 Å². The molecule has 7 heteroatoms. The Morgan fingerprint density at radius 2 is 2.04 bits per heavy atom. The van der Waals surface area contributed by atoms with Crippen LogP contribution in [-0.2, 0) is 12.8 Å². The summed E-state index contributed by atoms with van der Waals surface area (Å²) in [7, 11) is 1.74. The topological polar surface area (TPSA) is 60.9 Å². The maximum atomic E-state index is 12.3. The summed E-state index contributed by atoms with van der Waals surface area (Å²) in [6.45, 7) is 0. The number of nitrogens with zero attached hydrogens (tertiary/aromatic N) is 3. The van der Waals surface area contributed by atoms with Gasteiger partial charge in [-0.1, -0.05) is 30.0 Å². The van der Waals surface area contributed by atoms with Gasteiger partial charge < -0.3 is 4.42 Å². The highest BCUT2D eigenvalue weighted by atomic mass is 32.2. The van der Waals surface area contributed by atoms with Gasteiger partial charge in [0.2, 0.25) is 5.89 Å². The third-order valence-corrected chi connectivity index (χ3v) is 5.46. The van der Waals surface area contributed by atoms with Gasteiger partial charge in [0.1, 0.15) is 11.1 Å². The fourth-order valence-electron chi connectivity index (χ4n) is 2.33. The number of rotatable bonds is 4. The molecule has 0 unspecified atom stereocenters. The standard InChI is InChI=1S/C17H13N3O2S2/c1-20-16(21)13-7-8-23-15(13)19-17(20)24-10-12-9-22-14(18-12)11-5-3-2-4-6-11/h2-9H,10H2,1H3. The van der Waals surface area contributed by atoms with E-state index in [9.17, 15) is 4.79 Å². The first kappa shape index (κ1) is 15.2. The lowest BCUT2D eigenvalue weighted by Crippen LogP contribution is -2.19. The third-order valence-electron chi connectivity index (χ3n) is 3.59. The van der Waals surface area contributed by atoms with E-state index in [1.54, 1.807) is 17.9 Å². The smallest absolute Gasteiger partial charge is 0.262 e. The Hall–Kier alpha value is -2.38. The highest BCUT2D eigenvalue weighted by molar-refractivity contribution is 7.98. The van der Waals surface area contributed by atoms with E-state index in [-0.39, 0.29) is 5.56 Å². The molecule has 5 nitrogen and oxygen atoms in total. The maximum Gasteiger partial charge on any atom is 0.262 e. The Morgan fingerprint density at radius 3 is 2.88 bits per heavy atom. The van der Waals surface area contributed by atoms with Gasteiger partial charge in [-0.3, -0.25) is 9.36 Å². The first-order valence-electron chi connectivity index (χ1n) is 7.29. The van der Waals surface area contributed by atoms with Crippen molar-refractivity contribution < 1.29 is 4.42 Å². The van der Waals surface area contributed by atoms with Crippen molar-refractivity contribution in [2.24, 2.45) is 7.05 Å². The first-order chi connectivity index (χ1) is 11.7. The zero-order chi connectivity index (χ0) is 16.5. The van der Waals surface area contributed by atoms with Gasteiger partial charge >= 0.3 is 0 Å².